The number of amides is 4. The summed E-state index contributed by atoms with van der Waals surface area (Å²) in [7, 11) is -2.31. The number of nitrogens with one attached hydrogen (secondary N) is 1. The van der Waals surface area contributed by atoms with Gasteiger partial charge in [-0.2, -0.15) is 0 Å². The molecule has 2 aromatic carbocycles. The molecular formula is C31H38N3O7PS. The van der Waals surface area contributed by atoms with Crippen LogP contribution in [0.2, 0.25) is 0 Å². The van der Waals surface area contributed by atoms with Crippen LogP contribution in [0.3, 0.4) is 0 Å². The van der Waals surface area contributed by atoms with E-state index in [0.717, 1.165) is 60.2 Å². The van der Waals surface area contributed by atoms with Gasteiger partial charge in [-0.15, -0.1) is 11.8 Å². The molecule has 0 atom stereocenters. The van der Waals surface area contributed by atoms with Crippen molar-refractivity contribution in [2.24, 2.45) is 0 Å². The van der Waals surface area contributed by atoms with Gasteiger partial charge in [-0.3, -0.25) is 24.1 Å². The Hall–Kier alpha value is -3.08. The molecule has 0 saturated carbocycles. The zero-order valence-corrected chi connectivity index (χ0v) is 25.8. The zero-order valence-electron chi connectivity index (χ0n) is 24.1. The highest BCUT2D eigenvalue weighted by Gasteiger charge is 2.31. The largest absolute Gasteiger partial charge is 0.356 e. The number of rotatable bonds is 15. The van der Waals surface area contributed by atoms with Crippen LogP contribution in [0.5, 0.6) is 0 Å². The zero-order chi connectivity index (χ0) is 30.6. The van der Waals surface area contributed by atoms with Crippen molar-refractivity contribution < 1.29 is 33.5 Å². The minimum Gasteiger partial charge on any atom is -0.356 e. The van der Waals surface area contributed by atoms with Crippen LogP contribution >= 0.6 is 20.4 Å². The number of thioether (sulfide) groups is 1. The maximum atomic E-state index is 13.3. The summed E-state index contributed by atoms with van der Waals surface area (Å²) in [6.45, 7) is 0.905. The molecule has 0 aliphatic carbocycles. The van der Waals surface area contributed by atoms with Crippen LogP contribution in [0.1, 0.15) is 55.2 Å². The summed E-state index contributed by atoms with van der Waals surface area (Å²) in [4.78, 5) is 71.6. The van der Waals surface area contributed by atoms with E-state index in [1.54, 1.807) is 4.90 Å². The summed E-state index contributed by atoms with van der Waals surface area (Å²) < 4.78 is 4.72. The lowest BCUT2D eigenvalue weighted by Gasteiger charge is -2.29. The summed E-state index contributed by atoms with van der Waals surface area (Å²) in [5, 5.41) is 2.76. The molecule has 2 heterocycles. The quantitative estimate of drug-likeness (QED) is 0.153. The molecule has 2 aliphatic rings. The van der Waals surface area contributed by atoms with Crippen LogP contribution in [-0.4, -0.2) is 63.8 Å². The smallest absolute Gasteiger partial charge is 0.327 e. The van der Waals surface area contributed by atoms with Gasteiger partial charge in [0.1, 0.15) is 0 Å². The van der Waals surface area contributed by atoms with Gasteiger partial charge < -0.3 is 24.5 Å². The lowest BCUT2D eigenvalue weighted by atomic mass is 9.95. The van der Waals surface area contributed by atoms with E-state index in [2.05, 4.69) is 23.5 Å². The average molecular weight is 628 g/mol. The fraction of sp³-hybridized carbons (Fsp3) is 0.419. The lowest BCUT2D eigenvalue weighted by molar-refractivity contribution is -0.137. The minimum absolute atomic E-state index is 0.0213. The number of hydrogen-bond acceptors (Lipinski definition) is 8. The maximum Gasteiger partial charge on any atom is 0.327 e. The molecule has 0 spiro atoms. The molecule has 0 bridgehead atoms. The van der Waals surface area contributed by atoms with Crippen molar-refractivity contribution in [2.75, 3.05) is 30.3 Å². The standard InChI is InChI=1S/C31H38N3O7PS/c35-28(16-18-33-30(37)21-27(31(33)38)43-20-8-2-1-7-19-41-42(39)40)32-17-15-29(36)34-22-25-11-4-3-9-23(25)13-14-24-10-5-6-12-26(24)34/h3-6,9-12,21,39-40H,1-2,7-8,13-20,22H2,(H,32,35). The maximum absolute atomic E-state index is 13.3. The van der Waals surface area contributed by atoms with Gasteiger partial charge in [0.25, 0.3) is 11.8 Å². The topological polar surface area (TPSA) is 136 Å². The average Bonchev–Trinajstić information content (AvgIpc) is 3.25. The van der Waals surface area contributed by atoms with Gasteiger partial charge in [0.05, 0.1) is 18.1 Å². The number of benzene rings is 2. The molecule has 12 heteroatoms. The van der Waals surface area contributed by atoms with Crippen LogP contribution in [0.25, 0.3) is 0 Å². The number of aryl methyl sites for hydroxylation is 2. The van der Waals surface area contributed by atoms with Crippen LogP contribution in [0.15, 0.2) is 59.5 Å². The lowest BCUT2D eigenvalue weighted by Crippen LogP contribution is -2.37. The van der Waals surface area contributed by atoms with Gasteiger partial charge in [-0.1, -0.05) is 55.3 Å². The normalized spacial score (nSPS) is 14.7. The Kier molecular flexibility index (Phi) is 12.7. The van der Waals surface area contributed by atoms with Gasteiger partial charge in [-0.25, -0.2) is 0 Å². The second-order valence-electron chi connectivity index (χ2n) is 10.4. The highest BCUT2D eigenvalue weighted by atomic mass is 32.2. The number of carbonyl (C=O) groups is 4. The molecule has 10 nitrogen and oxygen atoms in total. The Morgan fingerprint density at radius 3 is 2.40 bits per heavy atom. The molecule has 0 radical (unpaired) electrons. The predicted octanol–water partition coefficient (Wildman–Crippen LogP) is 3.99. The third kappa shape index (κ3) is 9.71. The van der Waals surface area contributed by atoms with E-state index in [-0.39, 0.29) is 43.7 Å². The number of carbonyl (C=O) groups excluding carboxylic acids is 4. The first-order chi connectivity index (χ1) is 20.8. The summed E-state index contributed by atoms with van der Waals surface area (Å²) >= 11 is 1.33. The minimum atomic E-state index is -2.31. The molecule has 0 unspecified atom stereocenters. The Morgan fingerprint density at radius 1 is 0.907 bits per heavy atom. The van der Waals surface area contributed by atoms with Crippen molar-refractivity contribution in [2.45, 2.75) is 57.9 Å². The molecule has 230 valence electrons. The van der Waals surface area contributed by atoms with Crippen molar-refractivity contribution in [3.05, 3.63) is 76.2 Å². The van der Waals surface area contributed by atoms with Gasteiger partial charge in [-0.05, 0) is 54.2 Å². The Balaban J connectivity index is 1.17. The first-order valence-corrected chi connectivity index (χ1v) is 16.7. The molecule has 2 aliphatic heterocycles. The van der Waals surface area contributed by atoms with E-state index in [4.69, 9.17) is 14.3 Å². The highest BCUT2D eigenvalue weighted by molar-refractivity contribution is 8.04. The van der Waals surface area contributed by atoms with Crippen molar-refractivity contribution in [3.63, 3.8) is 0 Å². The van der Waals surface area contributed by atoms with Gasteiger partial charge in [0, 0.05) is 37.7 Å². The molecule has 43 heavy (non-hydrogen) atoms. The van der Waals surface area contributed by atoms with Crippen molar-refractivity contribution in [1.82, 2.24) is 10.2 Å². The van der Waals surface area contributed by atoms with E-state index in [0.29, 0.717) is 23.8 Å². The Bertz CT molecular complexity index is 1340. The van der Waals surface area contributed by atoms with Crippen molar-refractivity contribution >= 4 is 49.7 Å². The van der Waals surface area contributed by atoms with Crippen molar-refractivity contribution in [3.8, 4) is 0 Å². The summed E-state index contributed by atoms with van der Waals surface area (Å²) in [6, 6.07) is 16.1. The van der Waals surface area contributed by atoms with Gasteiger partial charge in [0.2, 0.25) is 11.8 Å². The first kappa shape index (κ1) is 32.8. The van der Waals surface area contributed by atoms with Gasteiger partial charge >= 0.3 is 8.60 Å². The van der Waals surface area contributed by atoms with E-state index in [9.17, 15) is 19.2 Å². The molecule has 4 rings (SSSR count). The summed E-state index contributed by atoms with van der Waals surface area (Å²) in [5.41, 5.74) is 4.36. The summed E-state index contributed by atoms with van der Waals surface area (Å²) in [6.07, 6.45) is 6.48. The third-order valence-corrected chi connectivity index (χ3v) is 8.91. The second-order valence-corrected chi connectivity index (χ2v) is 12.3. The number of anilines is 1. The predicted molar refractivity (Wildman–Crippen MR) is 167 cm³/mol. The highest BCUT2D eigenvalue weighted by Crippen LogP contribution is 2.29. The van der Waals surface area contributed by atoms with Crippen LogP contribution in [-0.2, 0) is 43.1 Å². The molecule has 3 N–H and O–H groups in total. The van der Waals surface area contributed by atoms with Crippen molar-refractivity contribution in [1.29, 1.82) is 0 Å². The van der Waals surface area contributed by atoms with Crippen LogP contribution < -0.4 is 10.2 Å². The van der Waals surface area contributed by atoms with Gasteiger partial charge in [0.15, 0.2) is 0 Å². The molecular weight excluding hydrogens is 589 g/mol. The molecule has 0 saturated heterocycles. The number of unbranched alkanes of at least 4 members (excludes halogenated alkanes) is 3. The summed E-state index contributed by atoms with van der Waals surface area (Å²) in [5.74, 6) is -0.548. The fourth-order valence-electron chi connectivity index (χ4n) is 5.12. The molecule has 0 aromatic heterocycles. The monoisotopic (exact) mass is 627 g/mol. The fourth-order valence-corrected chi connectivity index (χ4v) is 6.40. The SMILES string of the molecule is O=C(CCN1C(=O)C=C(SCCCCCCOP(O)O)C1=O)NCCC(=O)N1Cc2ccccc2CCc2ccccc21. The van der Waals surface area contributed by atoms with E-state index in [1.165, 1.54) is 23.4 Å². The Morgan fingerprint density at radius 2 is 1.60 bits per heavy atom. The second kappa shape index (κ2) is 16.7. The molecule has 0 fully saturated rings. The number of fused-ring (bicyclic) bond motifs is 2. The number of hydrogen-bond donors (Lipinski definition) is 3. The number of nitrogens with zero attached hydrogens (tertiary/aromatic N) is 2. The van der Waals surface area contributed by atoms with Crippen LogP contribution in [0.4, 0.5) is 5.69 Å². The Labute approximate surface area is 257 Å². The van der Waals surface area contributed by atoms with E-state index >= 15 is 0 Å². The molecule has 2 aromatic rings. The third-order valence-electron chi connectivity index (χ3n) is 7.40. The number of para-hydroxylation sites is 1. The van der Waals surface area contributed by atoms with E-state index in [1.807, 2.05) is 30.3 Å². The van der Waals surface area contributed by atoms with E-state index < -0.39 is 14.5 Å². The van der Waals surface area contributed by atoms with Crippen LogP contribution in [0, 0.1) is 0 Å². The molecule has 4 amide bonds. The number of imide groups is 1. The first-order valence-electron chi connectivity index (χ1n) is 14.6.